The van der Waals surface area contributed by atoms with E-state index in [1.54, 1.807) is 12.1 Å². The highest BCUT2D eigenvalue weighted by molar-refractivity contribution is 5.92. The summed E-state index contributed by atoms with van der Waals surface area (Å²) in [6.45, 7) is 3.90. The molecule has 5 heteroatoms. The molecule has 1 aliphatic rings. The van der Waals surface area contributed by atoms with Gasteiger partial charge in [0.25, 0.3) is 0 Å². The van der Waals surface area contributed by atoms with Crippen LogP contribution in [0.5, 0.6) is 0 Å². The topological polar surface area (TPSA) is 35.6 Å². The van der Waals surface area contributed by atoms with E-state index in [1.807, 2.05) is 30.3 Å². The Kier molecular flexibility index (Phi) is 5.75. The van der Waals surface area contributed by atoms with E-state index in [1.165, 1.54) is 17.8 Å². The third kappa shape index (κ3) is 4.93. The van der Waals surface area contributed by atoms with E-state index >= 15 is 0 Å². The molecule has 0 radical (unpaired) electrons. The molecule has 0 saturated carbocycles. The third-order valence-electron chi connectivity index (χ3n) is 5.20. The molecule has 0 aliphatic carbocycles. The van der Waals surface area contributed by atoms with Crippen molar-refractivity contribution in [2.24, 2.45) is 0 Å². The van der Waals surface area contributed by atoms with Gasteiger partial charge in [-0.1, -0.05) is 30.3 Å². The first-order valence-corrected chi connectivity index (χ1v) is 9.87. The molecule has 148 valence electrons. The predicted molar refractivity (Wildman–Crippen MR) is 116 cm³/mol. The number of carbonyl (C=O) groups excluding carboxylic acids is 1. The zero-order valence-corrected chi connectivity index (χ0v) is 16.2. The summed E-state index contributed by atoms with van der Waals surface area (Å²) in [7, 11) is 0. The SMILES string of the molecule is O=C(Cc1ccc(F)cc1)Nc1ccc(N2CCN(c3ccccc3)CC2)cc1. The number of benzene rings is 3. The number of halogens is 1. The van der Waals surface area contributed by atoms with E-state index in [-0.39, 0.29) is 18.1 Å². The standard InChI is InChI=1S/C24H24FN3O/c25-20-8-6-19(7-9-20)18-24(29)26-21-10-12-23(13-11-21)28-16-14-27(15-17-28)22-4-2-1-3-5-22/h1-13H,14-18H2,(H,26,29). The lowest BCUT2D eigenvalue weighted by Crippen LogP contribution is -2.46. The van der Waals surface area contributed by atoms with Crippen LogP contribution in [0.3, 0.4) is 0 Å². The Labute approximate surface area is 170 Å². The van der Waals surface area contributed by atoms with Crippen molar-refractivity contribution in [1.29, 1.82) is 0 Å². The number of amides is 1. The smallest absolute Gasteiger partial charge is 0.228 e. The van der Waals surface area contributed by atoms with E-state index in [0.29, 0.717) is 0 Å². The van der Waals surface area contributed by atoms with Crippen molar-refractivity contribution in [3.8, 4) is 0 Å². The lowest BCUT2D eigenvalue weighted by molar-refractivity contribution is -0.115. The molecule has 1 heterocycles. The minimum absolute atomic E-state index is 0.110. The molecule has 0 bridgehead atoms. The minimum atomic E-state index is -0.297. The average molecular weight is 389 g/mol. The Morgan fingerprint density at radius 1 is 0.759 bits per heavy atom. The van der Waals surface area contributed by atoms with Crippen molar-refractivity contribution in [2.75, 3.05) is 41.3 Å². The van der Waals surface area contributed by atoms with Gasteiger partial charge in [-0.25, -0.2) is 4.39 Å². The molecule has 0 aromatic heterocycles. The number of nitrogens with zero attached hydrogens (tertiary/aromatic N) is 2. The average Bonchev–Trinajstić information content (AvgIpc) is 2.77. The maximum Gasteiger partial charge on any atom is 0.228 e. The van der Waals surface area contributed by atoms with Crippen molar-refractivity contribution in [3.63, 3.8) is 0 Å². The summed E-state index contributed by atoms with van der Waals surface area (Å²) in [5, 5.41) is 2.90. The molecule has 1 fully saturated rings. The number of nitrogens with one attached hydrogen (secondary N) is 1. The second-order valence-corrected chi connectivity index (χ2v) is 7.21. The van der Waals surface area contributed by atoms with Gasteiger partial charge in [-0.3, -0.25) is 4.79 Å². The molecule has 3 aromatic carbocycles. The van der Waals surface area contributed by atoms with Crippen molar-refractivity contribution in [3.05, 3.63) is 90.2 Å². The maximum atomic E-state index is 13.0. The zero-order valence-electron chi connectivity index (χ0n) is 16.2. The molecule has 0 atom stereocenters. The monoisotopic (exact) mass is 389 g/mol. The molecule has 4 rings (SSSR count). The Morgan fingerprint density at radius 3 is 1.90 bits per heavy atom. The lowest BCUT2D eigenvalue weighted by atomic mass is 10.1. The highest BCUT2D eigenvalue weighted by Crippen LogP contribution is 2.22. The Bertz CT molecular complexity index is 934. The van der Waals surface area contributed by atoms with Gasteiger partial charge in [-0.15, -0.1) is 0 Å². The van der Waals surface area contributed by atoms with Gasteiger partial charge in [-0.05, 0) is 54.1 Å². The van der Waals surface area contributed by atoms with Crippen molar-refractivity contribution >= 4 is 23.0 Å². The molecule has 4 nitrogen and oxygen atoms in total. The van der Waals surface area contributed by atoms with Gasteiger partial charge in [0.2, 0.25) is 5.91 Å². The Morgan fingerprint density at radius 2 is 1.31 bits per heavy atom. The van der Waals surface area contributed by atoms with E-state index in [4.69, 9.17) is 0 Å². The molecule has 1 aliphatic heterocycles. The number of para-hydroxylation sites is 1. The third-order valence-corrected chi connectivity index (χ3v) is 5.20. The van der Waals surface area contributed by atoms with Gasteiger partial charge in [0.1, 0.15) is 5.82 Å². The Hall–Kier alpha value is -3.34. The number of hydrogen-bond donors (Lipinski definition) is 1. The highest BCUT2D eigenvalue weighted by atomic mass is 19.1. The summed E-state index contributed by atoms with van der Waals surface area (Å²) < 4.78 is 13.0. The molecule has 3 aromatic rings. The van der Waals surface area contributed by atoms with Crippen LogP contribution in [0.1, 0.15) is 5.56 Å². The Balaban J connectivity index is 1.30. The van der Waals surface area contributed by atoms with Crippen LogP contribution in [0, 0.1) is 5.82 Å². The molecule has 1 amide bonds. The maximum absolute atomic E-state index is 13.0. The van der Waals surface area contributed by atoms with Crippen molar-refractivity contribution in [1.82, 2.24) is 0 Å². The van der Waals surface area contributed by atoms with Crippen LogP contribution in [-0.2, 0) is 11.2 Å². The van der Waals surface area contributed by atoms with E-state index in [0.717, 1.165) is 43.1 Å². The molecular formula is C24H24FN3O. The number of piperazine rings is 1. The van der Waals surface area contributed by atoms with E-state index in [2.05, 4.69) is 39.4 Å². The highest BCUT2D eigenvalue weighted by Gasteiger charge is 2.17. The summed E-state index contributed by atoms with van der Waals surface area (Å²) in [6.07, 6.45) is 0.226. The van der Waals surface area contributed by atoms with Crippen LogP contribution >= 0.6 is 0 Å². The number of anilines is 3. The first-order chi connectivity index (χ1) is 14.2. The molecule has 1 N–H and O–H groups in total. The van der Waals surface area contributed by atoms with Crippen LogP contribution in [0.4, 0.5) is 21.5 Å². The van der Waals surface area contributed by atoms with Crippen molar-refractivity contribution < 1.29 is 9.18 Å². The molecule has 1 saturated heterocycles. The summed E-state index contributed by atoms with van der Waals surface area (Å²) in [6, 6.07) is 24.5. The first kappa shape index (κ1) is 19.0. The van der Waals surface area contributed by atoms with Crippen molar-refractivity contribution in [2.45, 2.75) is 6.42 Å². The van der Waals surface area contributed by atoms with Gasteiger partial charge in [-0.2, -0.15) is 0 Å². The summed E-state index contributed by atoms with van der Waals surface area (Å²) in [5.41, 5.74) is 3.99. The fourth-order valence-electron chi connectivity index (χ4n) is 3.61. The predicted octanol–water partition coefficient (Wildman–Crippen LogP) is 4.33. The molecule has 0 unspecified atom stereocenters. The molecular weight excluding hydrogens is 365 g/mol. The van der Waals surface area contributed by atoms with Crippen LogP contribution in [0.15, 0.2) is 78.9 Å². The van der Waals surface area contributed by atoms with E-state index in [9.17, 15) is 9.18 Å². The van der Waals surface area contributed by atoms with E-state index < -0.39 is 0 Å². The van der Waals surface area contributed by atoms with Crippen LogP contribution in [-0.4, -0.2) is 32.1 Å². The minimum Gasteiger partial charge on any atom is -0.368 e. The number of hydrogen-bond acceptors (Lipinski definition) is 3. The van der Waals surface area contributed by atoms with Gasteiger partial charge >= 0.3 is 0 Å². The van der Waals surface area contributed by atoms with Gasteiger partial charge < -0.3 is 15.1 Å². The largest absolute Gasteiger partial charge is 0.368 e. The normalized spacial score (nSPS) is 14.0. The zero-order chi connectivity index (χ0) is 20.1. The summed E-state index contributed by atoms with van der Waals surface area (Å²) in [5.74, 6) is -0.407. The lowest BCUT2D eigenvalue weighted by Gasteiger charge is -2.37. The second kappa shape index (κ2) is 8.78. The first-order valence-electron chi connectivity index (χ1n) is 9.87. The van der Waals surface area contributed by atoms with Crippen LogP contribution in [0.2, 0.25) is 0 Å². The van der Waals surface area contributed by atoms with Gasteiger partial charge in [0.15, 0.2) is 0 Å². The summed E-state index contributed by atoms with van der Waals surface area (Å²) >= 11 is 0. The molecule has 29 heavy (non-hydrogen) atoms. The van der Waals surface area contributed by atoms with Crippen LogP contribution < -0.4 is 15.1 Å². The van der Waals surface area contributed by atoms with Gasteiger partial charge in [0.05, 0.1) is 6.42 Å². The summed E-state index contributed by atoms with van der Waals surface area (Å²) in [4.78, 5) is 17.0. The fourth-order valence-corrected chi connectivity index (χ4v) is 3.61. The van der Waals surface area contributed by atoms with Gasteiger partial charge in [0, 0.05) is 43.2 Å². The van der Waals surface area contributed by atoms with Crippen LogP contribution in [0.25, 0.3) is 0 Å². The second-order valence-electron chi connectivity index (χ2n) is 7.21. The quantitative estimate of drug-likeness (QED) is 0.705. The molecule has 0 spiro atoms. The fraction of sp³-hybridized carbons (Fsp3) is 0.208. The number of carbonyl (C=O) groups is 1. The number of rotatable bonds is 5.